The Labute approximate surface area is 114 Å². The van der Waals surface area contributed by atoms with Gasteiger partial charge in [0.15, 0.2) is 0 Å². The van der Waals surface area contributed by atoms with Crippen LogP contribution < -0.4 is 5.32 Å². The quantitative estimate of drug-likeness (QED) is 0.748. The van der Waals surface area contributed by atoms with E-state index in [1.54, 1.807) is 6.08 Å². The highest BCUT2D eigenvalue weighted by Gasteiger charge is 2.31. The molecule has 2 aliphatic heterocycles. The Balaban J connectivity index is 1.90. The molecule has 0 bridgehead atoms. The highest BCUT2D eigenvalue weighted by Crippen LogP contribution is 2.18. The van der Waals surface area contributed by atoms with E-state index in [-0.39, 0.29) is 17.9 Å². The normalized spacial score (nSPS) is 24.4. The molecule has 2 saturated heterocycles. The Bertz CT molecular complexity index is 357. The predicted molar refractivity (Wildman–Crippen MR) is 73.6 cm³/mol. The van der Waals surface area contributed by atoms with E-state index < -0.39 is 0 Å². The SMILES string of the molecule is C=CCCC(=O)N1CCCC(N2CCNCC2=O)C1. The summed E-state index contributed by atoms with van der Waals surface area (Å²) in [6.07, 6.45) is 5.04. The first-order valence-corrected chi connectivity index (χ1v) is 7.11. The molecule has 0 aliphatic carbocycles. The van der Waals surface area contributed by atoms with Gasteiger partial charge in [0.25, 0.3) is 0 Å². The third kappa shape index (κ3) is 3.56. The maximum absolute atomic E-state index is 12.0. The zero-order chi connectivity index (χ0) is 13.7. The minimum Gasteiger partial charge on any atom is -0.341 e. The van der Waals surface area contributed by atoms with Crippen molar-refractivity contribution in [3.8, 4) is 0 Å². The van der Waals surface area contributed by atoms with Crippen LogP contribution in [0.1, 0.15) is 25.7 Å². The number of carbonyl (C=O) groups excluding carboxylic acids is 2. The van der Waals surface area contributed by atoms with Crippen LogP contribution in [0.5, 0.6) is 0 Å². The fourth-order valence-corrected chi connectivity index (χ4v) is 2.83. The monoisotopic (exact) mass is 265 g/mol. The van der Waals surface area contributed by atoms with Gasteiger partial charge in [0.05, 0.1) is 6.54 Å². The largest absolute Gasteiger partial charge is 0.341 e. The molecule has 0 aromatic heterocycles. The van der Waals surface area contributed by atoms with E-state index in [0.717, 1.165) is 38.9 Å². The van der Waals surface area contributed by atoms with Gasteiger partial charge in [0.1, 0.15) is 0 Å². The Morgan fingerprint density at radius 3 is 3.05 bits per heavy atom. The van der Waals surface area contributed by atoms with Gasteiger partial charge < -0.3 is 15.1 Å². The Hall–Kier alpha value is -1.36. The number of likely N-dealkylation sites (tertiary alicyclic amines) is 1. The fourth-order valence-electron chi connectivity index (χ4n) is 2.83. The molecule has 1 unspecified atom stereocenters. The van der Waals surface area contributed by atoms with Crippen molar-refractivity contribution >= 4 is 11.8 Å². The van der Waals surface area contributed by atoms with E-state index in [9.17, 15) is 9.59 Å². The van der Waals surface area contributed by atoms with Crippen LogP contribution in [0, 0.1) is 0 Å². The van der Waals surface area contributed by atoms with Gasteiger partial charge in [-0.25, -0.2) is 0 Å². The molecular formula is C14H23N3O2. The summed E-state index contributed by atoms with van der Waals surface area (Å²) in [7, 11) is 0. The maximum atomic E-state index is 12.0. The molecule has 106 valence electrons. The number of amides is 2. The molecule has 2 amide bonds. The van der Waals surface area contributed by atoms with Crippen molar-refractivity contribution in [3.05, 3.63) is 12.7 Å². The van der Waals surface area contributed by atoms with E-state index in [1.807, 2.05) is 9.80 Å². The predicted octanol–water partition coefficient (Wildman–Crippen LogP) is 0.375. The molecule has 1 atom stereocenters. The average Bonchev–Trinajstić information content (AvgIpc) is 2.45. The number of hydrogen-bond acceptors (Lipinski definition) is 3. The third-order valence-electron chi connectivity index (χ3n) is 3.88. The van der Waals surface area contributed by atoms with Gasteiger partial charge in [0.2, 0.25) is 11.8 Å². The summed E-state index contributed by atoms with van der Waals surface area (Å²) >= 11 is 0. The smallest absolute Gasteiger partial charge is 0.236 e. The topological polar surface area (TPSA) is 52.7 Å². The molecule has 2 heterocycles. The zero-order valence-corrected chi connectivity index (χ0v) is 11.4. The summed E-state index contributed by atoms with van der Waals surface area (Å²) in [6.45, 7) is 7.22. The van der Waals surface area contributed by atoms with Crippen LogP contribution in [0.3, 0.4) is 0 Å². The van der Waals surface area contributed by atoms with E-state index in [1.165, 1.54) is 0 Å². The third-order valence-corrected chi connectivity index (χ3v) is 3.88. The van der Waals surface area contributed by atoms with Gasteiger partial charge >= 0.3 is 0 Å². The summed E-state index contributed by atoms with van der Waals surface area (Å²) in [5, 5.41) is 3.08. The van der Waals surface area contributed by atoms with Crippen LogP contribution in [0.25, 0.3) is 0 Å². The van der Waals surface area contributed by atoms with Crippen molar-refractivity contribution in [2.24, 2.45) is 0 Å². The summed E-state index contributed by atoms with van der Waals surface area (Å²) in [4.78, 5) is 27.8. The van der Waals surface area contributed by atoms with Crippen molar-refractivity contribution in [2.45, 2.75) is 31.7 Å². The number of carbonyl (C=O) groups is 2. The summed E-state index contributed by atoms with van der Waals surface area (Å²) in [5.74, 6) is 0.351. The molecule has 5 nitrogen and oxygen atoms in total. The molecule has 19 heavy (non-hydrogen) atoms. The molecule has 1 N–H and O–H groups in total. The molecule has 0 aromatic rings. The Kier molecular flexibility index (Phi) is 4.96. The van der Waals surface area contributed by atoms with E-state index in [0.29, 0.717) is 19.5 Å². The van der Waals surface area contributed by atoms with Crippen molar-refractivity contribution in [3.63, 3.8) is 0 Å². The number of allylic oxidation sites excluding steroid dienone is 1. The fraction of sp³-hybridized carbons (Fsp3) is 0.714. The van der Waals surface area contributed by atoms with Gasteiger partial charge in [-0.3, -0.25) is 9.59 Å². The summed E-state index contributed by atoms with van der Waals surface area (Å²) in [6, 6.07) is 0.205. The Morgan fingerprint density at radius 2 is 2.32 bits per heavy atom. The Morgan fingerprint density at radius 1 is 1.47 bits per heavy atom. The first-order valence-electron chi connectivity index (χ1n) is 7.11. The first-order chi connectivity index (χ1) is 9.22. The van der Waals surface area contributed by atoms with Gasteiger partial charge in [-0.05, 0) is 19.3 Å². The van der Waals surface area contributed by atoms with Crippen LogP contribution in [-0.4, -0.2) is 60.4 Å². The number of piperidine rings is 1. The van der Waals surface area contributed by atoms with Gasteiger partial charge in [-0.15, -0.1) is 6.58 Å². The lowest BCUT2D eigenvalue weighted by Crippen LogP contribution is -2.57. The number of rotatable bonds is 4. The lowest BCUT2D eigenvalue weighted by molar-refractivity contribution is -0.140. The van der Waals surface area contributed by atoms with Gasteiger partial charge in [-0.1, -0.05) is 6.08 Å². The summed E-state index contributed by atoms with van der Waals surface area (Å²) in [5.41, 5.74) is 0. The lowest BCUT2D eigenvalue weighted by Gasteiger charge is -2.41. The second kappa shape index (κ2) is 6.70. The van der Waals surface area contributed by atoms with Crippen LogP contribution in [0.4, 0.5) is 0 Å². The highest BCUT2D eigenvalue weighted by molar-refractivity contribution is 5.80. The minimum absolute atomic E-state index is 0.164. The molecular weight excluding hydrogens is 242 g/mol. The molecule has 2 aliphatic rings. The lowest BCUT2D eigenvalue weighted by atomic mass is 10.0. The second-order valence-electron chi connectivity index (χ2n) is 5.23. The molecule has 2 fully saturated rings. The molecule has 0 spiro atoms. The van der Waals surface area contributed by atoms with Crippen LogP contribution >= 0.6 is 0 Å². The van der Waals surface area contributed by atoms with Crippen LogP contribution in [0.15, 0.2) is 12.7 Å². The zero-order valence-electron chi connectivity index (χ0n) is 11.4. The van der Waals surface area contributed by atoms with Gasteiger partial charge in [-0.2, -0.15) is 0 Å². The van der Waals surface area contributed by atoms with Crippen molar-refractivity contribution in [1.82, 2.24) is 15.1 Å². The molecule has 2 rings (SSSR count). The van der Waals surface area contributed by atoms with E-state index in [4.69, 9.17) is 0 Å². The van der Waals surface area contributed by atoms with Gasteiger partial charge in [0, 0.05) is 38.6 Å². The molecule has 5 heteroatoms. The maximum Gasteiger partial charge on any atom is 0.236 e. The van der Waals surface area contributed by atoms with Crippen LogP contribution in [-0.2, 0) is 9.59 Å². The minimum atomic E-state index is 0.164. The highest BCUT2D eigenvalue weighted by atomic mass is 16.2. The summed E-state index contributed by atoms with van der Waals surface area (Å²) < 4.78 is 0. The number of hydrogen-bond donors (Lipinski definition) is 1. The molecule has 0 radical (unpaired) electrons. The van der Waals surface area contributed by atoms with Crippen molar-refractivity contribution in [2.75, 3.05) is 32.7 Å². The van der Waals surface area contributed by atoms with Crippen LogP contribution in [0.2, 0.25) is 0 Å². The standard InChI is InChI=1S/C14H23N3O2/c1-2-3-6-13(18)16-8-4-5-12(11-16)17-9-7-15-10-14(17)19/h2,12,15H,1,3-11H2. The van der Waals surface area contributed by atoms with E-state index >= 15 is 0 Å². The number of piperazine rings is 1. The number of nitrogens with one attached hydrogen (secondary N) is 1. The number of nitrogens with zero attached hydrogens (tertiary/aromatic N) is 2. The molecule has 0 aromatic carbocycles. The second-order valence-corrected chi connectivity index (χ2v) is 5.23. The molecule has 0 saturated carbocycles. The van der Waals surface area contributed by atoms with E-state index in [2.05, 4.69) is 11.9 Å². The average molecular weight is 265 g/mol. The van der Waals surface area contributed by atoms with Crippen molar-refractivity contribution < 1.29 is 9.59 Å². The first kappa shape index (κ1) is 14.1. The van der Waals surface area contributed by atoms with Crippen molar-refractivity contribution in [1.29, 1.82) is 0 Å².